The van der Waals surface area contributed by atoms with E-state index in [0.29, 0.717) is 12.8 Å². The molecule has 2 aromatic rings. The number of hydrogen-bond acceptors (Lipinski definition) is 5. The van der Waals surface area contributed by atoms with Crippen molar-refractivity contribution in [2.24, 2.45) is 0 Å². The fourth-order valence-electron chi connectivity index (χ4n) is 4.98. The maximum atomic E-state index is 12.5. The molecule has 1 fully saturated rings. The number of ether oxygens (including phenoxy) is 2. The predicted octanol–water partition coefficient (Wildman–Crippen LogP) is 3.44. The molecule has 8 heteroatoms. The average molecular weight is 467 g/mol. The van der Waals surface area contributed by atoms with Crippen LogP contribution in [0.5, 0.6) is 0 Å². The summed E-state index contributed by atoms with van der Waals surface area (Å²) in [4.78, 5) is 36.5. The molecular weight excluding hydrogens is 436 g/mol. The second-order valence-corrected chi connectivity index (χ2v) is 8.91. The quantitative estimate of drug-likeness (QED) is 0.522. The van der Waals surface area contributed by atoms with Gasteiger partial charge in [0.05, 0.1) is 12.5 Å². The van der Waals surface area contributed by atoms with Crippen LogP contribution in [0.4, 0.5) is 4.79 Å². The summed E-state index contributed by atoms with van der Waals surface area (Å²) in [5.41, 5.74) is 3.36. The minimum absolute atomic E-state index is 0.0410. The summed E-state index contributed by atoms with van der Waals surface area (Å²) in [6.07, 6.45) is 1.12. The van der Waals surface area contributed by atoms with Crippen molar-refractivity contribution in [2.45, 2.75) is 49.7 Å². The Morgan fingerprint density at radius 2 is 1.62 bits per heavy atom. The second-order valence-electron chi connectivity index (χ2n) is 8.91. The Bertz CT molecular complexity index is 1020. The summed E-state index contributed by atoms with van der Waals surface area (Å²) in [6.45, 7) is 0.264. The van der Waals surface area contributed by atoms with Crippen molar-refractivity contribution in [3.05, 3.63) is 59.7 Å². The van der Waals surface area contributed by atoms with Gasteiger partial charge in [-0.1, -0.05) is 61.4 Å². The number of carbonyl (C=O) groups is 3. The lowest BCUT2D eigenvalue weighted by molar-refractivity contribution is -0.147. The van der Waals surface area contributed by atoms with Crippen LogP contribution >= 0.6 is 0 Å². The molecule has 0 aromatic heterocycles. The fraction of sp³-hybridized carbons (Fsp3) is 0.423. The molecule has 0 saturated heterocycles. The van der Waals surface area contributed by atoms with Crippen molar-refractivity contribution in [3.8, 4) is 11.1 Å². The number of carbonyl (C=O) groups excluding carboxylic acids is 2. The maximum absolute atomic E-state index is 12.5. The Morgan fingerprint density at radius 1 is 1.03 bits per heavy atom. The van der Waals surface area contributed by atoms with Gasteiger partial charge in [-0.25, -0.2) is 9.59 Å². The molecule has 180 valence electrons. The third kappa shape index (κ3) is 4.92. The van der Waals surface area contributed by atoms with E-state index in [1.165, 1.54) is 7.11 Å². The van der Waals surface area contributed by atoms with Crippen molar-refractivity contribution in [3.63, 3.8) is 0 Å². The van der Waals surface area contributed by atoms with E-state index in [-0.39, 0.29) is 25.5 Å². The van der Waals surface area contributed by atoms with E-state index < -0.39 is 29.6 Å². The summed E-state index contributed by atoms with van der Waals surface area (Å²) < 4.78 is 10.8. The molecular formula is C26H30N2O6. The van der Waals surface area contributed by atoms with Crippen LogP contribution in [0.1, 0.15) is 49.1 Å². The van der Waals surface area contributed by atoms with Crippen LogP contribution < -0.4 is 10.6 Å². The SMILES string of the molecule is COC(CNC(=O)OCC1c2ccccc2-c2ccccc21)CC(=O)NC1(C(=O)O)CCCC1. The highest BCUT2D eigenvalue weighted by Crippen LogP contribution is 2.44. The highest BCUT2D eigenvalue weighted by Gasteiger charge is 2.42. The number of fused-ring (bicyclic) bond motifs is 3. The van der Waals surface area contributed by atoms with Crippen molar-refractivity contribution >= 4 is 18.0 Å². The predicted molar refractivity (Wildman–Crippen MR) is 125 cm³/mol. The number of methoxy groups -OCH3 is 1. The fourth-order valence-corrected chi connectivity index (χ4v) is 4.98. The number of alkyl carbamates (subject to hydrolysis) is 1. The number of nitrogens with one attached hydrogen (secondary N) is 2. The van der Waals surface area contributed by atoms with Gasteiger partial charge >= 0.3 is 12.1 Å². The molecule has 3 N–H and O–H groups in total. The zero-order valence-corrected chi connectivity index (χ0v) is 19.2. The minimum atomic E-state index is -1.20. The molecule has 2 aromatic carbocycles. The first kappa shape index (κ1) is 23.8. The molecule has 0 radical (unpaired) electrons. The summed E-state index contributed by atoms with van der Waals surface area (Å²) >= 11 is 0. The van der Waals surface area contributed by atoms with Crippen LogP contribution in [0.3, 0.4) is 0 Å². The topological polar surface area (TPSA) is 114 Å². The normalized spacial score (nSPS) is 16.9. The van der Waals surface area contributed by atoms with E-state index >= 15 is 0 Å². The van der Waals surface area contributed by atoms with E-state index in [4.69, 9.17) is 9.47 Å². The van der Waals surface area contributed by atoms with Crippen LogP contribution in [0.25, 0.3) is 11.1 Å². The van der Waals surface area contributed by atoms with Gasteiger partial charge in [0, 0.05) is 19.6 Å². The van der Waals surface area contributed by atoms with E-state index in [1.54, 1.807) is 0 Å². The second kappa shape index (κ2) is 10.3. The Hall–Kier alpha value is -3.39. The average Bonchev–Trinajstić information content (AvgIpc) is 3.44. The third-order valence-electron chi connectivity index (χ3n) is 6.81. The molecule has 2 amide bonds. The number of amides is 2. The van der Waals surface area contributed by atoms with Crippen LogP contribution in [-0.2, 0) is 19.1 Å². The first-order valence-corrected chi connectivity index (χ1v) is 11.6. The largest absolute Gasteiger partial charge is 0.480 e. The number of carboxylic acid groups (broad SMARTS) is 1. The Labute approximate surface area is 198 Å². The van der Waals surface area contributed by atoms with Crippen molar-refractivity contribution in [2.75, 3.05) is 20.3 Å². The lowest BCUT2D eigenvalue weighted by Crippen LogP contribution is -2.53. The molecule has 2 aliphatic carbocycles. The zero-order valence-electron chi connectivity index (χ0n) is 19.2. The standard InChI is InChI=1S/C26H30N2O6/c1-33-17(14-23(29)28-26(24(30)31)12-6-7-13-26)15-27-25(32)34-16-22-20-10-4-2-8-18(20)19-9-3-5-11-21(19)22/h2-5,8-11,17,22H,6-7,12-16H2,1H3,(H,27,32)(H,28,29)(H,30,31). The molecule has 0 aliphatic heterocycles. The summed E-state index contributed by atoms with van der Waals surface area (Å²) in [6, 6.07) is 16.2. The molecule has 1 saturated carbocycles. The summed E-state index contributed by atoms with van der Waals surface area (Å²) in [7, 11) is 1.44. The van der Waals surface area contributed by atoms with E-state index in [1.807, 2.05) is 24.3 Å². The van der Waals surface area contributed by atoms with Crippen LogP contribution in [0.2, 0.25) is 0 Å². The smallest absolute Gasteiger partial charge is 0.407 e. The molecule has 2 aliphatic rings. The molecule has 4 rings (SSSR count). The van der Waals surface area contributed by atoms with Crippen LogP contribution in [0, 0.1) is 0 Å². The molecule has 1 unspecified atom stereocenters. The van der Waals surface area contributed by atoms with E-state index in [0.717, 1.165) is 35.1 Å². The third-order valence-corrected chi connectivity index (χ3v) is 6.81. The summed E-state index contributed by atoms with van der Waals surface area (Å²) in [5, 5.41) is 14.8. The van der Waals surface area contributed by atoms with Gasteiger partial charge in [0.2, 0.25) is 5.91 Å². The zero-order chi connectivity index (χ0) is 24.1. The van der Waals surface area contributed by atoms with Crippen molar-refractivity contribution < 1.29 is 29.0 Å². The van der Waals surface area contributed by atoms with Gasteiger partial charge in [0.15, 0.2) is 0 Å². The highest BCUT2D eigenvalue weighted by molar-refractivity contribution is 5.87. The molecule has 8 nitrogen and oxygen atoms in total. The summed E-state index contributed by atoms with van der Waals surface area (Å²) in [5.74, 6) is -1.46. The van der Waals surface area contributed by atoms with Gasteiger partial charge < -0.3 is 25.2 Å². The molecule has 34 heavy (non-hydrogen) atoms. The van der Waals surface area contributed by atoms with Gasteiger partial charge in [-0.2, -0.15) is 0 Å². The minimum Gasteiger partial charge on any atom is -0.480 e. The number of rotatable bonds is 9. The van der Waals surface area contributed by atoms with Gasteiger partial charge in [0.1, 0.15) is 12.1 Å². The number of aliphatic carboxylic acids is 1. The highest BCUT2D eigenvalue weighted by atomic mass is 16.5. The number of benzene rings is 2. The monoisotopic (exact) mass is 466 g/mol. The molecule has 1 atom stereocenters. The van der Waals surface area contributed by atoms with Crippen LogP contribution in [0.15, 0.2) is 48.5 Å². The Kier molecular flexibility index (Phi) is 7.17. The number of hydrogen-bond donors (Lipinski definition) is 3. The van der Waals surface area contributed by atoms with Gasteiger partial charge in [0.25, 0.3) is 0 Å². The first-order chi connectivity index (χ1) is 16.4. The van der Waals surface area contributed by atoms with Gasteiger partial charge in [-0.05, 0) is 35.1 Å². The van der Waals surface area contributed by atoms with Crippen LogP contribution in [-0.4, -0.2) is 55.0 Å². The lowest BCUT2D eigenvalue weighted by Gasteiger charge is -2.26. The van der Waals surface area contributed by atoms with Gasteiger partial charge in [-0.15, -0.1) is 0 Å². The van der Waals surface area contributed by atoms with Gasteiger partial charge in [-0.3, -0.25) is 4.79 Å². The maximum Gasteiger partial charge on any atom is 0.407 e. The Balaban J connectivity index is 1.28. The molecule has 0 bridgehead atoms. The van der Waals surface area contributed by atoms with E-state index in [9.17, 15) is 19.5 Å². The molecule has 0 heterocycles. The molecule has 0 spiro atoms. The van der Waals surface area contributed by atoms with E-state index in [2.05, 4.69) is 34.9 Å². The lowest BCUT2D eigenvalue weighted by atomic mass is 9.97. The Morgan fingerprint density at radius 3 is 2.18 bits per heavy atom. The number of carboxylic acids is 1. The van der Waals surface area contributed by atoms with Crippen molar-refractivity contribution in [1.29, 1.82) is 0 Å². The first-order valence-electron chi connectivity index (χ1n) is 11.6. The van der Waals surface area contributed by atoms with Crippen molar-refractivity contribution in [1.82, 2.24) is 10.6 Å².